The Morgan fingerprint density at radius 2 is 2.15 bits per heavy atom. The lowest BCUT2D eigenvalue weighted by Crippen LogP contribution is -2.48. The number of rotatable bonds is 6. The molecule has 0 aromatic rings. The van der Waals surface area contributed by atoms with Gasteiger partial charge >= 0.3 is 0 Å². The van der Waals surface area contributed by atoms with Crippen molar-refractivity contribution in [2.45, 2.75) is 50.7 Å². The molecule has 1 atom stereocenters. The highest BCUT2D eigenvalue weighted by Crippen LogP contribution is 2.30. The molecule has 78 valence electrons. The topological polar surface area (TPSA) is 52.5 Å². The molecule has 0 aromatic heterocycles. The molecule has 1 fully saturated rings. The van der Waals surface area contributed by atoms with Gasteiger partial charge in [0, 0.05) is 19.2 Å². The Labute approximate surface area is 80.2 Å². The fourth-order valence-corrected chi connectivity index (χ4v) is 1.63. The van der Waals surface area contributed by atoms with Crippen LogP contribution in [0.4, 0.5) is 0 Å². The molecule has 1 saturated carbocycles. The van der Waals surface area contributed by atoms with Crippen LogP contribution in [0.2, 0.25) is 0 Å². The average Bonchev–Trinajstić information content (AvgIpc) is 2.08. The number of nitrogens with one attached hydrogen (secondary N) is 1. The highest BCUT2D eigenvalue weighted by molar-refractivity contribution is 4.89. The molecule has 0 radical (unpaired) electrons. The van der Waals surface area contributed by atoms with Crippen molar-refractivity contribution in [1.82, 2.24) is 5.32 Å². The highest BCUT2D eigenvalue weighted by atomic mass is 16.3. The van der Waals surface area contributed by atoms with Gasteiger partial charge in [0.25, 0.3) is 0 Å². The van der Waals surface area contributed by atoms with Crippen molar-refractivity contribution in [1.29, 1.82) is 0 Å². The second kappa shape index (κ2) is 4.94. The third-order valence-electron chi connectivity index (χ3n) is 2.86. The van der Waals surface area contributed by atoms with Crippen molar-refractivity contribution >= 4 is 0 Å². The van der Waals surface area contributed by atoms with Gasteiger partial charge in [-0.3, -0.25) is 0 Å². The fourth-order valence-electron chi connectivity index (χ4n) is 1.63. The van der Waals surface area contributed by atoms with Gasteiger partial charge in [-0.25, -0.2) is 0 Å². The van der Waals surface area contributed by atoms with E-state index in [1.165, 1.54) is 0 Å². The zero-order chi connectivity index (χ0) is 9.73. The molecule has 0 heterocycles. The molecular formula is C10H21NO2. The van der Waals surface area contributed by atoms with Gasteiger partial charge in [0.05, 0.1) is 5.60 Å². The first kappa shape index (κ1) is 11.0. The van der Waals surface area contributed by atoms with Gasteiger partial charge in [0.15, 0.2) is 0 Å². The maximum absolute atomic E-state index is 9.77. The summed E-state index contributed by atoms with van der Waals surface area (Å²) in [5, 5.41) is 21.7. The molecule has 0 aromatic carbocycles. The van der Waals surface area contributed by atoms with Crippen molar-refractivity contribution < 1.29 is 10.2 Å². The largest absolute Gasteiger partial charge is 0.396 e. The molecule has 3 N–H and O–H groups in total. The molecule has 0 aliphatic heterocycles. The zero-order valence-corrected chi connectivity index (χ0v) is 8.42. The first-order chi connectivity index (χ1) is 6.16. The minimum absolute atomic E-state index is 0.260. The molecule has 0 spiro atoms. The van der Waals surface area contributed by atoms with Crippen LogP contribution >= 0.6 is 0 Å². The second-order valence-electron chi connectivity index (χ2n) is 4.23. The summed E-state index contributed by atoms with van der Waals surface area (Å²) >= 11 is 0. The molecule has 0 bridgehead atoms. The standard InChI is InChI=1S/C10H21NO2/c1-9(4-2-7-12)11-8-10(13)5-3-6-10/h9,11-13H,2-8H2,1H3. The maximum Gasteiger partial charge on any atom is 0.0771 e. The Kier molecular flexibility index (Phi) is 4.16. The van der Waals surface area contributed by atoms with Crippen molar-refractivity contribution in [3.63, 3.8) is 0 Å². The van der Waals surface area contributed by atoms with Crippen LogP contribution in [-0.4, -0.2) is 35.0 Å². The molecule has 0 amide bonds. The summed E-state index contributed by atoms with van der Waals surface area (Å²) in [5.41, 5.74) is -0.423. The zero-order valence-electron chi connectivity index (χ0n) is 8.42. The first-order valence-electron chi connectivity index (χ1n) is 5.23. The number of aliphatic hydroxyl groups excluding tert-OH is 1. The van der Waals surface area contributed by atoms with E-state index < -0.39 is 5.60 Å². The van der Waals surface area contributed by atoms with Crippen LogP contribution in [0.1, 0.15) is 39.0 Å². The molecule has 1 aliphatic rings. The molecule has 1 rings (SSSR count). The first-order valence-corrected chi connectivity index (χ1v) is 5.23. The van der Waals surface area contributed by atoms with E-state index in [9.17, 15) is 5.11 Å². The minimum Gasteiger partial charge on any atom is -0.396 e. The molecule has 13 heavy (non-hydrogen) atoms. The van der Waals surface area contributed by atoms with Gasteiger partial charge in [0.1, 0.15) is 0 Å². The van der Waals surface area contributed by atoms with Crippen LogP contribution < -0.4 is 5.32 Å². The van der Waals surface area contributed by atoms with Gasteiger partial charge in [0.2, 0.25) is 0 Å². The summed E-state index contributed by atoms with van der Waals surface area (Å²) in [5.74, 6) is 0. The van der Waals surface area contributed by atoms with Gasteiger partial charge in [-0.1, -0.05) is 0 Å². The quantitative estimate of drug-likeness (QED) is 0.572. The summed E-state index contributed by atoms with van der Waals surface area (Å²) < 4.78 is 0. The Hall–Kier alpha value is -0.120. The Morgan fingerprint density at radius 1 is 1.46 bits per heavy atom. The van der Waals surface area contributed by atoms with Crippen molar-refractivity contribution in [3.8, 4) is 0 Å². The van der Waals surface area contributed by atoms with E-state index in [1.54, 1.807) is 0 Å². The van der Waals surface area contributed by atoms with Crippen molar-refractivity contribution in [2.24, 2.45) is 0 Å². The van der Waals surface area contributed by atoms with E-state index in [0.717, 1.165) is 32.1 Å². The van der Waals surface area contributed by atoms with E-state index in [0.29, 0.717) is 12.6 Å². The Bertz CT molecular complexity index is 146. The third kappa shape index (κ3) is 3.63. The smallest absolute Gasteiger partial charge is 0.0771 e. The van der Waals surface area contributed by atoms with Gasteiger partial charge in [-0.2, -0.15) is 0 Å². The van der Waals surface area contributed by atoms with E-state index in [1.807, 2.05) is 0 Å². The van der Waals surface area contributed by atoms with Gasteiger partial charge in [-0.05, 0) is 39.0 Å². The molecule has 1 aliphatic carbocycles. The van der Waals surface area contributed by atoms with E-state index in [4.69, 9.17) is 5.11 Å². The Morgan fingerprint density at radius 3 is 2.62 bits per heavy atom. The van der Waals surface area contributed by atoms with E-state index >= 15 is 0 Å². The molecular weight excluding hydrogens is 166 g/mol. The summed E-state index contributed by atoms with van der Waals surface area (Å²) in [6.07, 6.45) is 4.85. The van der Waals surface area contributed by atoms with Crippen molar-refractivity contribution in [3.05, 3.63) is 0 Å². The summed E-state index contributed by atoms with van der Waals surface area (Å²) in [4.78, 5) is 0. The predicted molar refractivity (Wildman–Crippen MR) is 52.6 cm³/mol. The van der Waals surface area contributed by atoms with Crippen molar-refractivity contribution in [2.75, 3.05) is 13.2 Å². The summed E-state index contributed by atoms with van der Waals surface area (Å²) in [6, 6.07) is 0.400. The van der Waals surface area contributed by atoms with Crippen LogP contribution in [0.3, 0.4) is 0 Å². The van der Waals surface area contributed by atoms with Gasteiger partial charge < -0.3 is 15.5 Å². The van der Waals surface area contributed by atoms with Crippen LogP contribution in [0.5, 0.6) is 0 Å². The van der Waals surface area contributed by atoms with Crippen LogP contribution in [-0.2, 0) is 0 Å². The second-order valence-corrected chi connectivity index (χ2v) is 4.23. The molecule has 3 nitrogen and oxygen atoms in total. The minimum atomic E-state index is -0.423. The number of hydrogen-bond acceptors (Lipinski definition) is 3. The lowest BCUT2D eigenvalue weighted by molar-refractivity contribution is -0.0330. The van der Waals surface area contributed by atoms with E-state index in [2.05, 4.69) is 12.2 Å². The lowest BCUT2D eigenvalue weighted by Gasteiger charge is -2.37. The van der Waals surface area contributed by atoms with Gasteiger partial charge in [-0.15, -0.1) is 0 Å². The highest BCUT2D eigenvalue weighted by Gasteiger charge is 2.33. The average molecular weight is 187 g/mol. The SMILES string of the molecule is CC(CCCO)NCC1(O)CCC1. The van der Waals surface area contributed by atoms with Crippen LogP contribution in [0.25, 0.3) is 0 Å². The predicted octanol–water partition coefficient (Wildman–Crippen LogP) is 0.652. The van der Waals surface area contributed by atoms with Crippen LogP contribution in [0.15, 0.2) is 0 Å². The Balaban J connectivity index is 2.03. The number of hydrogen-bond donors (Lipinski definition) is 3. The maximum atomic E-state index is 9.77. The third-order valence-corrected chi connectivity index (χ3v) is 2.86. The summed E-state index contributed by atoms with van der Waals surface area (Å²) in [7, 11) is 0. The van der Waals surface area contributed by atoms with Crippen LogP contribution in [0, 0.1) is 0 Å². The number of aliphatic hydroxyl groups is 2. The molecule has 0 saturated heterocycles. The normalized spacial score (nSPS) is 22.4. The monoisotopic (exact) mass is 187 g/mol. The molecule has 1 unspecified atom stereocenters. The molecule has 3 heteroatoms. The fraction of sp³-hybridized carbons (Fsp3) is 1.00. The lowest BCUT2D eigenvalue weighted by atomic mass is 9.80. The summed E-state index contributed by atoms with van der Waals surface area (Å²) in [6.45, 7) is 3.06. The van der Waals surface area contributed by atoms with E-state index in [-0.39, 0.29) is 6.61 Å².